The van der Waals surface area contributed by atoms with Crippen LogP contribution < -0.4 is 0 Å². The number of aliphatic hydroxyl groups is 1. The van der Waals surface area contributed by atoms with Crippen LogP contribution in [-0.2, 0) is 0 Å². The van der Waals surface area contributed by atoms with Gasteiger partial charge in [0.05, 0.1) is 0 Å². The van der Waals surface area contributed by atoms with Gasteiger partial charge in [0.1, 0.15) is 6.23 Å². The Morgan fingerprint density at radius 3 is 2.46 bits per heavy atom. The van der Waals surface area contributed by atoms with E-state index in [0.717, 1.165) is 0 Å². The van der Waals surface area contributed by atoms with Crippen molar-refractivity contribution in [3.8, 4) is 0 Å². The molecule has 1 saturated carbocycles. The largest absolute Gasteiger partial charge is 0.379 e. The highest BCUT2D eigenvalue weighted by molar-refractivity contribution is 4.88. The number of rotatable bonds is 2. The molecule has 0 spiro atoms. The molecule has 2 unspecified atom stereocenters. The Balaban J connectivity index is 2.65. The van der Waals surface area contributed by atoms with Crippen LogP contribution in [0.1, 0.15) is 46.5 Å². The molecule has 1 N–H and O–H groups in total. The third kappa shape index (κ3) is 2.44. The van der Waals surface area contributed by atoms with Gasteiger partial charge in [0.25, 0.3) is 0 Å². The molecule has 1 rings (SSSR count). The average Bonchev–Trinajstić information content (AvgIpc) is 2.02. The predicted octanol–water partition coefficient (Wildman–Crippen LogP) is 2.23. The van der Waals surface area contributed by atoms with Crippen molar-refractivity contribution in [1.29, 1.82) is 0 Å². The molecular formula is C11H23NO. The van der Waals surface area contributed by atoms with Crippen molar-refractivity contribution in [2.24, 2.45) is 5.41 Å². The zero-order chi connectivity index (χ0) is 10.1. The summed E-state index contributed by atoms with van der Waals surface area (Å²) in [6.45, 7) is 6.48. The Bertz CT molecular complexity index is 165. The normalized spacial score (nSPS) is 30.5. The molecule has 2 heteroatoms. The summed E-state index contributed by atoms with van der Waals surface area (Å²) in [5.41, 5.74) is 0.365. The first-order valence-electron chi connectivity index (χ1n) is 5.35. The monoisotopic (exact) mass is 185 g/mol. The van der Waals surface area contributed by atoms with Gasteiger partial charge in [0.15, 0.2) is 0 Å². The maximum atomic E-state index is 9.53. The van der Waals surface area contributed by atoms with Crippen LogP contribution in [0.2, 0.25) is 0 Å². The lowest BCUT2D eigenvalue weighted by Crippen LogP contribution is -2.48. The van der Waals surface area contributed by atoms with Crippen molar-refractivity contribution < 1.29 is 5.11 Å². The van der Waals surface area contributed by atoms with Gasteiger partial charge in [-0.15, -0.1) is 0 Å². The second kappa shape index (κ2) is 3.97. The Morgan fingerprint density at radius 2 is 2.00 bits per heavy atom. The molecule has 0 saturated heterocycles. The van der Waals surface area contributed by atoms with Crippen molar-refractivity contribution in [2.45, 2.75) is 58.7 Å². The minimum absolute atomic E-state index is 0.317. The maximum Gasteiger partial charge on any atom is 0.104 e. The topological polar surface area (TPSA) is 23.5 Å². The fourth-order valence-electron chi connectivity index (χ4n) is 2.49. The van der Waals surface area contributed by atoms with Gasteiger partial charge in [-0.05, 0) is 32.2 Å². The fourth-order valence-corrected chi connectivity index (χ4v) is 2.49. The van der Waals surface area contributed by atoms with Crippen LogP contribution >= 0.6 is 0 Å². The highest BCUT2D eigenvalue weighted by Gasteiger charge is 2.35. The average molecular weight is 185 g/mol. The van der Waals surface area contributed by atoms with Crippen LogP contribution in [0.15, 0.2) is 0 Å². The molecular weight excluding hydrogens is 162 g/mol. The molecule has 13 heavy (non-hydrogen) atoms. The van der Waals surface area contributed by atoms with Gasteiger partial charge in [0.2, 0.25) is 0 Å². The van der Waals surface area contributed by atoms with Gasteiger partial charge in [-0.25, -0.2) is 0 Å². The fraction of sp³-hybridized carbons (Fsp3) is 1.00. The van der Waals surface area contributed by atoms with E-state index in [4.69, 9.17) is 0 Å². The molecule has 0 aromatic heterocycles. The first-order chi connectivity index (χ1) is 5.95. The van der Waals surface area contributed by atoms with Crippen molar-refractivity contribution in [3.63, 3.8) is 0 Å². The molecule has 0 radical (unpaired) electrons. The van der Waals surface area contributed by atoms with E-state index in [1.807, 2.05) is 14.0 Å². The summed E-state index contributed by atoms with van der Waals surface area (Å²) in [5.74, 6) is 0. The quantitative estimate of drug-likeness (QED) is 0.667. The van der Waals surface area contributed by atoms with E-state index >= 15 is 0 Å². The van der Waals surface area contributed by atoms with Gasteiger partial charge in [-0.1, -0.05) is 26.7 Å². The summed E-state index contributed by atoms with van der Waals surface area (Å²) in [6, 6.07) is 0.543. The second-order valence-electron chi connectivity index (χ2n) is 5.05. The van der Waals surface area contributed by atoms with E-state index in [-0.39, 0.29) is 6.23 Å². The molecule has 2 atom stereocenters. The smallest absolute Gasteiger partial charge is 0.104 e. The summed E-state index contributed by atoms with van der Waals surface area (Å²) in [5, 5.41) is 9.53. The molecule has 0 aromatic rings. The molecule has 0 aliphatic heterocycles. The zero-order valence-corrected chi connectivity index (χ0v) is 9.38. The molecule has 1 aliphatic carbocycles. The summed E-state index contributed by atoms with van der Waals surface area (Å²) in [4.78, 5) is 2.11. The van der Waals surface area contributed by atoms with E-state index in [0.29, 0.717) is 11.5 Å². The standard InChI is InChI=1S/C11H23NO/c1-9(13)12(4)10-7-5-6-8-11(10,2)3/h9-10,13H,5-8H2,1-4H3. The van der Waals surface area contributed by atoms with Gasteiger partial charge >= 0.3 is 0 Å². The van der Waals surface area contributed by atoms with Gasteiger partial charge in [0, 0.05) is 6.04 Å². The third-order valence-electron chi connectivity index (χ3n) is 3.53. The Kier molecular flexibility index (Phi) is 3.36. The maximum absolute atomic E-state index is 9.53. The van der Waals surface area contributed by atoms with Crippen LogP contribution in [-0.4, -0.2) is 29.3 Å². The summed E-state index contributed by atoms with van der Waals surface area (Å²) in [7, 11) is 2.03. The summed E-state index contributed by atoms with van der Waals surface area (Å²) in [6.07, 6.45) is 4.85. The molecule has 0 aromatic carbocycles. The molecule has 0 amide bonds. The van der Waals surface area contributed by atoms with Crippen LogP contribution in [0.3, 0.4) is 0 Å². The van der Waals surface area contributed by atoms with E-state index in [2.05, 4.69) is 18.7 Å². The van der Waals surface area contributed by atoms with Crippen molar-refractivity contribution in [2.75, 3.05) is 7.05 Å². The van der Waals surface area contributed by atoms with E-state index in [1.54, 1.807) is 0 Å². The van der Waals surface area contributed by atoms with Gasteiger partial charge in [-0.2, -0.15) is 0 Å². The SMILES string of the molecule is CC(O)N(C)C1CCCCC1(C)C. The lowest BCUT2D eigenvalue weighted by molar-refractivity contribution is -0.0443. The highest BCUT2D eigenvalue weighted by Crippen LogP contribution is 2.38. The van der Waals surface area contributed by atoms with E-state index in [9.17, 15) is 5.11 Å². The number of hydrogen-bond donors (Lipinski definition) is 1. The highest BCUT2D eigenvalue weighted by atomic mass is 16.3. The Hall–Kier alpha value is -0.0800. The summed E-state index contributed by atoms with van der Waals surface area (Å²) >= 11 is 0. The molecule has 2 nitrogen and oxygen atoms in total. The lowest BCUT2D eigenvalue weighted by atomic mass is 9.72. The third-order valence-corrected chi connectivity index (χ3v) is 3.53. The van der Waals surface area contributed by atoms with Gasteiger partial charge < -0.3 is 5.11 Å². The van der Waals surface area contributed by atoms with Crippen molar-refractivity contribution >= 4 is 0 Å². The predicted molar refractivity (Wildman–Crippen MR) is 55.5 cm³/mol. The Morgan fingerprint density at radius 1 is 1.38 bits per heavy atom. The number of aliphatic hydroxyl groups excluding tert-OH is 1. The second-order valence-corrected chi connectivity index (χ2v) is 5.05. The lowest BCUT2D eigenvalue weighted by Gasteiger charge is -2.45. The Labute approximate surface area is 81.9 Å². The van der Waals surface area contributed by atoms with Gasteiger partial charge in [-0.3, -0.25) is 4.90 Å². The minimum Gasteiger partial charge on any atom is -0.379 e. The van der Waals surface area contributed by atoms with Crippen LogP contribution in [0, 0.1) is 5.41 Å². The number of nitrogens with zero attached hydrogens (tertiary/aromatic N) is 1. The van der Waals surface area contributed by atoms with Crippen LogP contribution in [0.4, 0.5) is 0 Å². The van der Waals surface area contributed by atoms with Crippen LogP contribution in [0.25, 0.3) is 0 Å². The number of hydrogen-bond acceptors (Lipinski definition) is 2. The molecule has 0 heterocycles. The van der Waals surface area contributed by atoms with Crippen LogP contribution in [0.5, 0.6) is 0 Å². The molecule has 1 fully saturated rings. The van der Waals surface area contributed by atoms with E-state index < -0.39 is 0 Å². The molecule has 1 aliphatic rings. The van der Waals surface area contributed by atoms with E-state index in [1.165, 1.54) is 25.7 Å². The first-order valence-corrected chi connectivity index (χ1v) is 5.35. The first kappa shape index (κ1) is 11.0. The van der Waals surface area contributed by atoms with Crippen molar-refractivity contribution in [3.05, 3.63) is 0 Å². The minimum atomic E-state index is -0.317. The molecule has 0 bridgehead atoms. The van der Waals surface area contributed by atoms with Crippen molar-refractivity contribution in [1.82, 2.24) is 4.90 Å². The zero-order valence-electron chi connectivity index (χ0n) is 9.38. The summed E-state index contributed by atoms with van der Waals surface area (Å²) < 4.78 is 0. The molecule has 78 valence electrons.